The number of aryl methyl sites for hydroxylation is 1. The number of nitrogens with one attached hydrogen (secondary N) is 1. The van der Waals surface area contributed by atoms with E-state index in [1.807, 2.05) is 50.4 Å². The van der Waals surface area contributed by atoms with Crippen molar-refractivity contribution in [3.05, 3.63) is 81.6 Å². The summed E-state index contributed by atoms with van der Waals surface area (Å²) in [5.74, 6) is 0.489. The molecule has 27 heavy (non-hydrogen) atoms. The number of carbonyl (C=O) groups excluding carboxylic acids is 1. The van der Waals surface area contributed by atoms with Crippen LogP contribution in [0.3, 0.4) is 0 Å². The highest BCUT2D eigenvalue weighted by Gasteiger charge is 2.06. The summed E-state index contributed by atoms with van der Waals surface area (Å²) >= 11 is 3.39. The van der Waals surface area contributed by atoms with Crippen molar-refractivity contribution in [2.45, 2.75) is 13.5 Å². The Morgan fingerprint density at radius 2 is 2.07 bits per heavy atom. The largest absolute Gasteiger partial charge is 0.489 e. The van der Waals surface area contributed by atoms with E-state index in [9.17, 15) is 4.79 Å². The molecule has 7 heteroatoms. The minimum absolute atomic E-state index is 0.279. The minimum atomic E-state index is -0.279. The average Bonchev–Trinajstić information content (AvgIpc) is 3.00. The number of rotatable bonds is 6. The molecule has 1 N–H and O–H groups in total. The lowest BCUT2D eigenvalue weighted by molar-refractivity contribution is 0.0955. The van der Waals surface area contributed by atoms with E-state index in [-0.39, 0.29) is 5.91 Å². The Labute approximate surface area is 166 Å². The normalized spacial score (nSPS) is 10.9. The smallest absolute Gasteiger partial charge is 0.271 e. The summed E-state index contributed by atoms with van der Waals surface area (Å²) in [6.07, 6.45) is 3.28. The molecule has 0 spiro atoms. The van der Waals surface area contributed by atoms with Crippen molar-refractivity contribution in [1.82, 2.24) is 15.2 Å². The zero-order chi connectivity index (χ0) is 19.2. The second kappa shape index (κ2) is 8.64. The van der Waals surface area contributed by atoms with E-state index in [2.05, 4.69) is 31.6 Å². The molecule has 0 radical (unpaired) electrons. The summed E-state index contributed by atoms with van der Waals surface area (Å²) < 4.78 is 8.49. The van der Waals surface area contributed by atoms with Gasteiger partial charge >= 0.3 is 0 Å². The number of hydrazone groups is 1. The van der Waals surface area contributed by atoms with E-state index in [0.717, 1.165) is 27.0 Å². The van der Waals surface area contributed by atoms with Crippen molar-refractivity contribution < 1.29 is 9.53 Å². The predicted molar refractivity (Wildman–Crippen MR) is 108 cm³/mol. The number of hydrogen-bond donors (Lipinski definition) is 1. The van der Waals surface area contributed by atoms with Crippen molar-refractivity contribution in [2.24, 2.45) is 12.1 Å². The standard InChI is InChI=1S/C20H19BrN4O2/c1-14-17(12-23-25(14)2)11-22-24-20(26)16-5-3-4-15(10-16)13-27-19-8-6-18(21)7-9-19/h3-12H,13H2,1-2H3,(H,24,26)/b22-11+. The topological polar surface area (TPSA) is 68.5 Å². The van der Waals surface area contributed by atoms with Gasteiger partial charge in [0.05, 0.1) is 12.4 Å². The number of hydrogen-bond acceptors (Lipinski definition) is 4. The molecule has 3 rings (SSSR count). The lowest BCUT2D eigenvalue weighted by Crippen LogP contribution is -2.18. The van der Waals surface area contributed by atoms with Crippen LogP contribution in [0.25, 0.3) is 0 Å². The molecule has 0 saturated carbocycles. The van der Waals surface area contributed by atoms with Gasteiger partial charge in [0.15, 0.2) is 0 Å². The number of amides is 1. The zero-order valence-electron chi connectivity index (χ0n) is 15.0. The van der Waals surface area contributed by atoms with E-state index in [1.54, 1.807) is 29.2 Å². The molecule has 2 aromatic carbocycles. The van der Waals surface area contributed by atoms with Gasteiger partial charge in [0.1, 0.15) is 12.4 Å². The van der Waals surface area contributed by atoms with E-state index < -0.39 is 0 Å². The van der Waals surface area contributed by atoms with Gasteiger partial charge in [0.25, 0.3) is 5.91 Å². The van der Waals surface area contributed by atoms with Gasteiger partial charge in [-0.3, -0.25) is 9.48 Å². The van der Waals surface area contributed by atoms with Crippen LogP contribution in [-0.2, 0) is 13.7 Å². The van der Waals surface area contributed by atoms with Gasteiger partial charge in [0.2, 0.25) is 0 Å². The first-order valence-corrected chi connectivity index (χ1v) is 9.11. The van der Waals surface area contributed by atoms with Crippen LogP contribution in [0.1, 0.15) is 27.2 Å². The lowest BCUT2D eigenvalue weighted by atomic mass is 10.1. The summed E-state index contributed by atoms with van der Waals surface area (Å²) in [5.41, 5.74) is 5.79. The molecule has 0 aliphatic heterocycles. The third-order valence-corrected chi connectivity index (χ3v) is 4.58. The molecule has 0 bridgehead atoms. The van der Waals surface area contributed by atoms with Crippen LogP contribution in [0, 0.1) is 6.92 Å². The maximum Gasteiger partial charge on any atom is 0.271 e. The molecular formula is C20H19BrN4O2. The van der Waals surface area contributed by atoms with Crippen molar-refractivity contribution in [3.63, 3.8) is 0 Å². The van der Waals surface area contributed by atoms with Gasteiger partial charge < -0.3 is 4.74 Å². The number of aromatic nitrogens is 2. The highest BCUT2D eigenvalue weighted by molar-refractivity contribution is 9.10. The Bertz CT molecular complexity index is 964. The molecular weight excluding hydrogens is 408 g/mol. The fourth-order valence-electron chi connectivity index (χ4n) is 2.37. The van der Waals surface area contributed by atoms with Crippen LogP contribution in [0.4, 0.5) is 0 Å². The second-order valence-electron chi connectivity index (χ2n) is 5.95. The van der Waals surface area contributed by atoms with Crippen LogP contribution < -0.4 is 10.2 Å². The van der Waals surface area contributed by atoms with E-state index in [0.29, 0.717) is 12.2 Å². The Balaban J connectivity index is 1.59. The van der Waals surface area contributed by atoms with Gasteiger partial charge in [0, 0.05) is 28.3 Å². The maximum absolute atomic E-state index is 12.3. The number of ether oxygens (including phenoxy) is 1. The van der Waals surface area contributed by atoms with Crippen molar-refractivity contribution in [1.29, 1.82) is 0 Å². The summed E-state index contributed by atoms with van der Waals surface area (Å²) in [6, 6.07) is 14.9. The first-order valence-electron chi connectivity index (χ1n) is 8.32. The monoisotopic (exact) mass is 426 g/mol. The summed E-state index contributed by atoms with van der Waals surface area (Å²) in [6.45, 7) is 2.31. The number of benzene rings is 2. The van der Waals surface area contributed by atoms with Crippen molar-refractivity contribution in [3.8, 4) is 5.75 Å². The van der Waals surface area contributed by atoms with Gasteiger partial charge in [-0.1, -0.05) is 28.1 Å². The molecule has 0 aliphatic carbocycles. The molecule has 1 aromatic heterocycles. The number of carbonyl (C=O) groups is 1. The minimum Gasteiger partial charge on any atom is -0.489 e. The molecule has 0 unspecified atom stereocenters. The number of nitrogens with zero attached hydrogens (tertiary/aromatic N) is 3. The Kier molecular flexibility index (Phi) is 6.03. The average molecular weight is 427 g/mol. The van der Waals surface area contributed by atoms with Crippen LogP contribution >= 0.6 is 15.9 Å². The third-order valence-electron chi connectivity index (χ3n) is 4.05. The highest BCUT2D eigenvalue weighted by atomic mass is 79.9. The Hall–Kier alpha value is -2.93. The van der Waals surface area contributed by atoms with Gasteiger partial charge in [-0.2, -0.15) is 10.2 Å². The van der Waals surface area contributed by atoms with Crippen LogP contribution in [0.2, 0.25) is 0 Å². The van der Waals surface area contributed by atoms with E-state index >= 15 is 0 Å². The second-order valence-corrected chi connectivity index (χ2v) is 6.87. The SMILES string of the molecule is Cc1c(/C=N/NC(=O)c2cccc(COc3ccc(Br)cc3)c2)cnn1C. The van der Waals surface area contributed by atoms with Gasteiger partial charge in [-0.25, -0.2) is 5.43 Å². The van der Waals surface area contributed by atoms with Gasteiger partial charge in [-0.05, 0) is 48.9 Å². The van der Waals surface area contributed by atoms with Crippen LogP contribution in [0.5, 0.6) is 5.75 Å². The number of halogens is 1. The van der Waals surface area contributed by atoms with Gasteiger partial charge in [-0.15, -0.1) is 0 Å². The Morgan fingerprint density at radius 1 is 1.30 bits per heavy atom. The molecule has 3 aromatic rings. The third kappa shape index (κ3) is 5.04. The van der Waals surface area contributed by atoms with Crippen LogP contribution in [-0.4, -0.2) is 21.9 Å². The summed E-state index contributed by atoms with van der Waals surface area (Å²) in [4.78, 5) is 12.3. The molecule has 138 valence electrons. The lowest BCUT2D eigenvalue weighted by Gasteiger charge is -2.07. The molecule has 6 nitrogen and oxygen atoms in total. The first kappa shape index (κ1) is 18.8. The Morgan fingerprint density at radius 3 is 2.78 bits per heavy atom. The first-order chi connectivity index (χ1) is 13.0. The highest BCUT2D eigenvalue weighted by Crippen LogP contribution is 2.17. The van der Waals surface area contributed by atoms with Crippen molar-refractivity contribution >= 4 is 28.1 Å². The van der Waals surface area contributed by atoms with Crippen molar-refractivity contribution in [2.75, 3.05) is 0 Å². The summed E-state index contributed by atoms with van der Waals surface area (Å²) in [5, 5.41) is 8.14. The molecule has 1 amide bonds. The van der Waals surface area contributed by atoms with E-state index in [4.69, 9.17) is 4.74 Å². The van der Waals surface area contributed by atoms with E-state index in [1.165, 1.54) is 0 Å². The molecule has 0 fully saturated rings. The summed E-state index contributed by atoms with van der Waals surface area (Å²) in [7, 11) is 1.85. The zero-order valence-corrected chi connectivity index (χ0v) is 16.6. The predicted octanol–water partition coefficient (Wildman–Crippen LogP) is 3.83. The molecule has 1 heterocycles. The molecule has 0 aliphatic rings. The maximum atomic E-state index is 12.3. The quantitative estimate of drug-likeness (QED) is 0.480. The fourth-order valence-corrected chi connectivity index (χ4v) is 2.63. The molecule has 0 atom stereocenters. The van der Waals surface area contributed by atoms with Crippen LogP contribution in [0.15, 0.2) is 64.3 Å². The fraction of sp³-hybridized carbons (Fsp3) is 0.150. The molecule has 0 saturated heterocycles.